The van der Waals surface area contributed by atoms with Crippen molar-refractivity contribution in [3.63, 3.8) is 0 Å². The summed E-state index contributed by atoms with van der Waals surface area (Å²) < 4.78 is 1.68. The largest absolute Gasteiger partial charge is 0.222 e. The molecule has 17 heavy (non-hydrogen) atoms. The fourth-order valence-corrected chi connectivity index (χ4v) is 2.03. The summed E-state index contributed by atoms with van der Waals surface area (Å²) in [5, 5.41) is 5.35. The van der Waals surface area contributed by atoms with Crippen LogP contribution in [0.3, 0.4) is 0 Å². The number of nitrogens with zero attached hydrogens (tertiary/aromatic N) is 3. The van der Waals surface area contributed by atoms with Gasteiger partial charge in [-0.15, -0.1) is 0 Å². The van der Waals surface area contributed by atoms with Crippen molar-refractivity contribution < 1.29 is 0 Å². The molecule has 0 aliphatic carbocycles. The van der Waals surface area contributed by atoms with Crippen molar-refractivity contribution in [1.29, 1.82) is 0 Å². The molecule has 0 saturated carbocycles. The van der Waals surface area contributed by atoms with Gasteiger partial charge in [-0.2, -0.15) is 5.10 Å². The summed E-state index contributed by atoms with van der Waals surface area (Å²) in [6, 6.07) is 9.26. The van der Waals surface area contributed by atoms with Gasteiger partial charge >= 0.3 is 0 Å². The highest BCUT2D eigenvalue weighted by Crippen LogP contribution is 2.26. The standard InChI is InChI=1S/C12H7Cl2N3/c13-9-3-1-2-8(6-9)10-7-15-17-5-4-11(14)16-12(10)17/h1-7H. The van der Waals surface area contributed by atoms with Gasteiger partial charge in [-0.3, -0.25) is 0 Å². The van der Waals surface area contributed by atoms with Gasteiger partial charge in [-0.1, -0.05) is 35.3 Å². The monoisotopic (exact) mass is 263 g/mol. The molecule has 0 saturated heterocycles. The van der Waals surface area contributed by atoms with Gasteiger partial charge < -0.3 is 0 Å². The fourth-order valence-electron chi connectivity index (χ4n) is 1.71. The Hall–Kier alpha value is -1.58. The smallest absolute Gasteiger partial charge is 0.164 e. The van der Waals surface area contributed by atoms with Gasteiger partial charge in [0.2, 0.25) is 0 Å². The molecule has 2 heterocycles. The first-order valence-electron chi connectivity index (χ1n) is 5.00. The predicted molar refractivity (Wildman–Crippen MR) is 68.4 cm³/mol. The Balaban J connectivity index is 2.27. The van der Waals surface area contributed by atoms with Crippen molar-refractivity contribution >= 4 is 28.8 Å². The topological polar surface area (TPSA) is 30.2 Å². The summed E-state index contributed by atoms with van der Waals surface area (Å²) in [7, 11) is 0. The zero-order valence-corrected chi connectivity index (χ0v) is 10.2. The van der Waals surface area contributed by atoms with E-state index in [2.05, 4.69) is 10.1 Å². The maximum Gasteiger partial charge on any atom is 0.164 e. The number of hydrogen-bond acceptors (Lipinski definition) is 2. The highest BCUT2D eigenvalue weighted by Gasteiger charge is 2.08. The Kier molecular flexibility index (Phi) is 2.50. The molecule has 0 atom stereocenters. The van der Waals surface area contributed by atoms with Crippen molar-refractivity contribution in [3.8, 4) is 11.1 Å². The van der Waals surface area contributed by atoms with E-state index in [9.17, 15) is 0 Å². The molecule has 0 N–H and O–H groups in total. The van der Waals surface area contributed by atoms with E-state index in [0.717, 1.165) is 16.8 Å². The second-order valence-corrected chi connectivity index (χ2v) is 4.41. The van der Waals surface area contributed by atoms with Gasteiger partial charge in [0.1, 0.15) is 5.15 Å². The molecule has 3 nitrogen and oxygen atoms in total. The summed E-state index contributed by atoms with van der Waals surface area (Å²) in [6.07, 6.45) is 3.53. The lowest BCUT2D eigenvalue weighted by atomic mass is 10.1. The van der Waals surface area contributed by atoms with Crippen LogP contribution in [0.1, 0.15) is 0 Å². The Morgan fingerprint density at radius 3 is 2.82 bits per heavy atom. The summed E-state index contributed by atoms with van der Waals surface area (Å²) in [5.41, 5.74) is 2.61. The van der Waals surface area contributed by atoms with Gasteiger partial charge in [0.25, 0.3) is 0 Å². The fraction of sp³-hybridized carbons (Fsp3) is 0. The number of fused-ring (bicyclic) bond motifs is 1. The third-order valence-electron chi connectivity index (χ3n) is 2.47. The SMILES string of the molecule is Clc1cccc(-c2cnn3ccc(Cl)nc23)c1. The van der Waals surface area contributed by atoms with E-state index < -0.39 is 0 Å². The Bertz CT molecular complexity index is 691. The zero-order chi connectivity index (χ0) is 11.8. The molecule has 3 aromatic rings. The van der Waals surface area contributed by atoms with Gasteiger partial charge in [0.15, 0.2) is 5.65 Å². The first-order valence-corrected chi connectivity index (χ1v) is 5.75. The van der Waals surface area contributed by atoms with Crippen molar-refractivity contribution in [2.24, 2.45) is 0 Å². The summed E-state index contributed by atoms with van der Waals surface area (Å²) in [4.78, 5) is 4.26. The Morgan fingerprint density at radius 2 is 2.00 bits per heavy atom. The van der Waals surface area contributed by atoms with Crippen LogP contribution in [0.25, 0.3) is 16.8 Å². The average molecular weight is 264 g/mol. The molecule has 2 aromatic heterocycles. The van der Waals surface area contributed by atoms with E-state index in [1.54, 1.807) is 23.0 Å². The molecule has 0 spiro atoms. The molecule has 0 aliphatic heterocycles. The maximum atomic E-state index is 5.97. The van der Waals surface area contributed by atoms with Crippen LogP contribution in [0.15, 0.2) is 42.7 Å². The van der Waals surface area contributed by atoms with Crippen LogP contribution in [0.2, 0.25) is 10.2 Å². The highest BCUT2D eigenvalue weighted by atomic mass is 35.5. The molecule has 0 fully saturated rings. The average Bonchev–Trinajstić information content (AvgIpc) is 2.71. The minimum Gasteiger partial charge on any atom is -0.222 e. The van der Waals surface area contributed by atoms with Crippen molar-refractivity contribution in [1.82, 2.24) is 14.6 Å². The number of aromatic nitrogens is 3. The van der Waals surface area contributed by atoms with Gasteiger partial charge in [-0.05, 0) is 23.8 Å². The lowest BCUT2D eigenvalue weighted by molar-refractivity contribution is 0.939. The van der Waals surface area contributed by atoms with Gasteiger partial charge in [0.05, 0.1) is 6.20 Å². The van der Waals surface area contributed by atoms with Crippen LogP contribution in [-0.2, 0) is 0 Å². The van der Waals surface area contributed by atoms with Crippen LogP contribution < -0.4 is 0 Å². The van der Waals surface area contributed by atoms with Crippen LogP contribution in [0.5, 0.6) is 0 Å². The maximum absolute atomic E-state index is 5.97. The molecule has 0 amide bonds. The minimum absolute atomic E-state index is 0.446. The minimum atomic E-state index is 0.446. The van der Waals surface area contributed by atoms with E-state index >= 15 is 0 Å². The Labute approximate surface area is 108 Å². The number of hydrogen-bond donors (Lipinski definition) is 0. The predicted octanol–water partition coefficient (Wildman–Crippen LogP) is 3.70. The van der Waals surface area contributed by atoms with Crippen LogP contribution in [-0.4, -0.2) is 14.6 Å². The zero-order valence-electron chi connectivity index (χ0n) is 8.64. The Morgan fingerprint density at radius 1 is 1.12 bits per heavy atom. The molecule has 0 aliphatic rings. The third-order valence-corrected chi connectivity index (χ3v) is 2.92. The van der Waals surface area contributed by atoms with Crippen LogP contribution in [0.4, 0.5) is 0 Å². The summed E-state index contributed by atoms with van der Waals surface area (Å²) in [5.74, 6) is 0. The lowest BCUT2D eigenvalue weighted by Gasteiger charge is -1.99. The second-order valence-electron chi connectivity index (χ2n) is 3.59. The van der Waals surface area contributed by atoms with E-state index in [1.165, 1.54) is 0 Å². The first-order chi connectivity index (χ1) is 8.24. The van der Waals surface area contributed by atoms with Crippen molar-refractivity contribution in [2.75, 3.05) is 0 Å². The number of benzene rings is 1. The molecule has 1 aromatic carbocycles. The summed E-state index contributed by atoms with van der Waals surface area (Å²) in [6.45, 7) is 0. The molecule has 84 valence electrons. The molecule has 3 rings (SSSR count). The van der Waals surface area contributed by atoms with E-state index in [1.807, 2.05) is 24.3 Å². The van der Waals surface area contributed by atoms with Gasteiger partial charge in [0, 0.05) is 16.8 Å². The third kappa shape index (κ3) is 1.88. The highest BCUT2D eigenvalue weighted by molar-refractivity contribution is 6.31. The summed E-state index contributed by atoms with van der Waals surface area (Å²) >= 11 is 11.9. The van der Waals surface area contributed by atoms with E-state index in [4.69, 9.17) is 23.2 Å². The van der Waals surface area contributed by atoms with Crippen molar-refractivity contribution in [3.05, 3.63) is 52.9 Å². The van der Waals surface area contributed by atoms with E-state index in [0.29, 0.717) is 10.2 Å². The molecule has 0 unspecified atom stereocenters. The molecule has 5 heteroatoms. The number of halogens is 2. The lowest BCUT2D eigenvalue weighted by Crippen LogP contribution is -1.89. The first kappa shape index (κ1) is 10.6. The van der Waals surface area contributed by atoms with Crippen molar-refractivity contribution in [2.45, 2.75) is 0 Å². The number of rotatable bonds is 1. The molecule has 0 bridgehead atoms. The molecular formula is C12H7Cl2N3. The molecular weight excluding hydrogens is 257 g/mol. The van der Waals surface area contributed by atoms with Crippen LogP contribution in [0, 0.1) is 0 Å². The molecule has 0 radical (unpaired) electrons. The van der Waals surface area contributed by atoms with Gasteiger partial charge in [-0.25, -0.2) is 9.50 Å². The quantitative estimate of drug-likeness (QED) is 0.627. The second kappa shape index (κ2) is 4.02. The normalized spacial score (nSPS) is 10.9. The van der Waals surface area contributed by atoms with Crippen LogP contribution >= 0.6 is 23.2 Å². The van der Waals surface area contributed by atoms with E-state index in [-0.39, 0.29) is 0 Å².